The van der Waals surface area contributed by atoms with Crippen molar-refractivity contribution in [1.82, 2.24) is 9.97 Å². The van der Waals surface area contributed by atoms with E-state index in [0.717, 1.165) is 22.6 Å². The van der Waals surface area contributed by atoms with Crippen LogP contribution in [0.5, 0.6) is 5.75 Å². The molecule has 0 unspecified atom stereocenters. The van der Waals surface area contributed by atoms with E-state index in [1.807, 2.05) is 19.1 Å². The number of aromatic nitrogens is 2. The van der Waals surface area contributed by atoms with Gasteiger partial charge in [0.2, 0.25) is 0 Å². The fourth-order valence-corrected chi connectivity index (χ4v) is 1.47. The molecule has 0 atom stereocenters. The van der Waals surface area contributed by atoms with Crippen molar-refractivity contribution in [2.75, 3.05) is 12.8 Å². The fourth-order valence-electron chi connectivity index (χ4n) is 1.47. The van der Waals surface area contributed by atoms with Crippen molar-refractivity contribution >= 4 is 5.69 Å². The predicted molar refractivity (Wildman–Crippen MR) is 63.2 cm³/mol. The molecule has 0 fully saturated rings. The topological polar surface area (TPSA) is 61.0 Å². The summed E-state index contributed by atoms with van der Waals surface area (Å²) in [4.78, 5) is 8.30. The monoisotopic (exact) mass is 215 g/mol. The Morgan fingerprint density at radius 3 is 2.81 bits per heavy atom. The number of nitrogen functional groups attached to an aromatic ring is 1. The molecule has 0 spiro atoms. The van der Waals surface area contributed by atoms with E-state index in [4.69, 9.17) is 10.5 Å². The van der Waals surface area contributed by atoms with E-state index in [0.29, 0.717) is 5.69 Å². The predicted octanol–water partition coefficient (Wildman–Crippen LogP) is 2.04. The Bertz CT molecular complexity index is 511. The molecule has 0 aliphatic rings. The van der Waals surface area contributed by atoms with Crippen molar-refractivity contribution in [2.45, 2.75) is 6.92 Å². The lowest BCUT2D eigenvalue weighted by Gasteiger charge is -2.08. The van der Waals surface area contributed by atoms with Crippen LogP contribution in [0.1, 0.15) is 5.69 Å². The molecule has 2 aromatic heterocycles. The zero-order chi connectivity index (χ0) is 11.5. The smallest absolute Gasteiger partial charge is 0.129 e. The zero-order valence-electron chi connectivity index (χ0n) is 9.27. The number of aryl methyl sites for hydroxylation is 1. The molecule has 2 rings (SSSR count). The molecule has 16 heavy (non-hydrogen) atoms. The first-order valence-corrected chi connectivity index (χ1v) is 4.93. The van der Waals surface area contributed by atoms with Gasteiger partial charge in [-0.2, -0.15) is 0 Å². The molecule has 0 aliphatic carbocycles. The second-order valence-electron chi connectivity index (χ2n) is 3.47. The second kappa shape index (κ2) is 4.18. The van der Waals surface area contributed by atoms with Crippen LogP contribution in [0.15, 0.2) is 30.7 Å². The normalized spacial score (nSPS) is 10.1. The maximum Gasteiger partial charge on any atom is 0.129 e. The van der Waals surface area contributed by atoms with Crippen molar-refractivity contribution in [3.8, 4) is 16.9 Å². The average molecular weight is 215 g/mol. The van der Waals surface area contributed by atoms with Gasteiger partial charge in [-0.25, -0.2) is 0 Å². The molecule has 2 N–H and O–H groups in total. The number of ether oxygens (including phenoxy) is 1. The summed E-state index contributed by atoms with van der Waals surface area (Å²) in [5.41, 5.74) is 9.12. The van der Waals surface area contributed by atoms with Gasteiger partial charge in [0.05, 0.1) is 18.5 Å². The number of hydrogen-bond donors (Lipinski definition) is 1. The molecule has 2 aromatic rings. The fraction of sp³-hybridized carbons (Fsp3) is 0.167. The van der Waals surface area contributed by atoms with Crippen LogP contribution in [0, 0.1) is 6.92 Å². The van der Waals surface area contributed by atoms with Crippen LogP contribution in [0.25, 0.3) is 11.1 Å². The van der Waals surface area contributed by atoms with Crippen molar-refractivity contribution in [2.24, 2.45) is 0 Å². The molecule has 0 amide bonds. The lowest BCUT2D eigenvalue weighted by molar-refractivity contribution is 0.416. The largest absolute Gasteiger partial charge is 0.496 e. The van der Waals surface area contributed by atoms with Gasteiger partial charge in [0.1, 0.15) is 5.75 Å². The Morgan fingerprint density at radius 1 is 1.31 bits per heavy atom. The Hall–Kier alpha value is -2.10. The first-order chi connectivity index (χ1) is 7.72. The van der Waals surface area contributed by atoms with Crippen molar-refractivity contribution in [1.29, 1.82) is 0 Å². The van der Waals surface area contributed by atoms with Crippen LogP contribution in [0.4, 0.5) is 5.69 Å². The Morgan fingerprint density at radius 2 is 2.12 bits per heavy atom. The summed E-state index contributed by atoms with van der Waals surface area (Å²) in [5, 5.41) is 0. The summed E-state index contributed by atoms with van der Waals surface area (Å²) < 4.78 is 5.26. The van der Waals surface area contributed by atoms with Gasteiger partial charge in [0.25, 0.3) is 0 Å². The van der Waals surface area contributed by atoms with Crippen molar-refractivity contribution < 1.29 is 4.74 Å². The van der Waals surface area contributed by atoms with Gasteiger partial charge in [0, 0.05) is 29.7 Å². The molecule has 4 nitrogen and oxygen atoms in total. The van der Waals surface area contributed by atoms with E-state index < -0.39 is 0 Å². The van der Waals surface area contributed by atoms with Crippen LogP contribution < -0.4 is 10.5 Å². The van der Waals surface area contributed by atoms with E-state index in [9.17, 15) is 0 Å². The third-order valence-electron chi connectivity index (χ3n) is 2.44. The molecule has 0 saturated heterocycles. The van der Waals surface area contributed by atoms with Crippen LogP contribution >= 0.6 is 0 Å². The molecule has 0 aliphatic heterocycles. The molecule has 0 aromatic carbocycles. The standard InChI is InChI=1S/C12H13N3O/c1-8-11(13)5-9(6-15-8)10-7-14-4-3-12(10)16-2/h3-7H,13H2,1-2H3. The number of pyridine rings is 2. The lowest BCUT2D eigenvalue weighted by Crippen LogP contribution is -1.95. The molecule has 4 heteroatoms. The minimum absolute atomic E-state index is 0.670. The van der Waals surface area contributed by atoms with E-state index in [1.165, 1.54) is 0 Å². The Balaban J connectivity index is 2.54. The molecule has 82 valence electrons. The first-order valence-electron chi connectivity index (χ1n) is 4.93. The van der Waals surface area contributed by atoms with Gasteiger partial charge in [-0.05, 0) is 19.1 Å². The maximum atomic E-state index is 5.83. The third kappa shape index (κ3) is 1.82. The van der Waals surface area contributed by atoms with Gasteiger partial charge in [0.15, 0.2) is 0 Å². The Labute approximate surface area is 94.1 Å². The molecule has 0 bridgehead atoms. The van der Waals surface area contributed by atoms with E-state index in [2.05, 4.69) is 9.97 Å². The van der Waals surface area contributed by atoms with Gasteiger partial charge in [-0.15, -0.1) is 0 Å². The Kier molecular flexibility index (Phi) is 2.72. The summed E-state index contributed by atoms with van der Waals surface area (Å²) >= 11 is 0. The summed E-state index contributed by atoms with van der Waals surface area (Å²) in [5.74, 6) is 0.764. The quantitative estimate of drug-likeness (QED) is 0.832. The number of nitrogens with zero attached hydrogens (tertiary/aromatic N) is 2. The van der Waals surface area contributed by atoms with Gasteiger partial charge in [-0.3, -0.25) is 9.97 Å². The molecule has 0 saturated carbocycles. The van der Waals surface area contributed by atoms with Gasteiger partial charge < -0.3 is 10.5 Å². The van der Waals surface area contributed by atoms with Gasteiger partial charge >= 0.3 is 0 Å². The lowest BCUT2D eigenvalue weighted by atomic mass is 10.1. The van der Waals surface area contributed by atoms with E-state index in [-0.39, 0.29) is 0 Å². The van der Waals surface area contributed by atoms with Crippen LogP contribution in [-0.2, 0) is 0 Å². The van der Waals surface area contributed by atoms with Crippen LogP contribution in [0.3, 0.4) is 0 Å². The minimum atomic E-state index is 0.670. The number of methoxy groups -OCH3 is 1. The summed E-state index contributed by atoms with van der Waals surface area (Å²) in [6.45, 7) is 1.87. The van der Waals surface area contributed by atoms with E-state index in [1.54, 1.807) is 25.7 Å². The molecular weight excluding hydrogens is 202 g/mol. The summed E-state index contributed by atoms with van der Waals surface area (Å²) in [7, 11) is 1.63. The number of rotatable bonds is 2. The minimum Gasteiger partial charge on any atom is -0.496 e. The number of hydrogen-bond acceptors (Lipinski definition) is 4. The van der Waals surface area contributed by atoms with Crippen molar-refractivity contribution in [3.05, 3.63) is 36.4 Å². The maximum absolute atomic E-state index is 5.83. The highest BCUT2D eigenvalue weighted by molar-refractivity contribution is 5.71. The molecule has 2 heterocycles. The van der Waals surface area contributed by atoms with Crippen LogP contribution in [-0.4, -0.2) is 17.1 Å². The number of nitrogens with two attached hydrogens (primary N) is 1. The molecular formula is C12H13N3O. The van der Waals surface area contributed by atoms with E-state index >= 15 is 0 Å². The summed E-state index contributed by atoms with van der Waals surface area (Å²) in [6, 6.07) is 3.69. The summed E-state index contributed by atoms with van der Waals surface area (Å²) in [6.07, 6.45) is 5.20. The van der Waals surface area contributed by atoms with Gasteiger partial charge in [-0.1, -0.05) is 0 Å². The highest BCUT2D eigenvalue weighted by Gasteiger charge is 2.07. The highest BCUT2D eigenvalue weighted by atomic mass is 16.5. The first kappa shape index (κ1) is 10.4. The number of anilines is 1. The van der Waals surface area contributed by atoms with Crippen LogP contribution in [0.2, 0.25) is 0 Å². The molecule has 0 radical (unpaired) electrons. The third-order valence-corrected chi connectivity index (χ3v) is 2.44. The average Bonchev–Trinajstić information content (AvgIpc) is 2.32. The second-order valence-corrected chi connectivity index (χ2v) is 3.47. The highest BCUT2D eigenvalue weighted by Crippen LogP contribution is 2.29. The zero-order valence-corrected chi connectivity index (χ0v) is 9.27. The SMILES string of the molecule is COc1ccncc1-c1cnc(C)c(N)c1. The van der Waals surface area contributed by atoms with Crippen molar-refractivity contribution in [3.63, 3.8) is 0 Å².